The average Bonchev–Trinajstić information content (AvgIpc) is 2.80. The topological polar surface area (TPSA) is 64.0 Å². The molecule has 0 radical (unpaired) electrons. The first-order valence-electron chi connectivity index (χ1n) is 7.45. The van der Waals surface area contributed by atoms with Crippen molar-refractivity contribution < 1.29 is 8.42 Å². The average molecular weight is 299 g/mol. The summed E-state index contributed by atoms with van der Waals surface area (Å²) in [5.74, 6) is 1.36. The van der Waals surface area contributed by atoms with Crippen LogP contribution in [0, 0.1) is 0 Å². The second-order valence-electron chi connectivity index (χ2n) is 5.56. The van der Waals surface area contributed by atoms with Crippen LogP contribution in [-0.2, 0) is 23.3 Å². The van der Waals surface area contributed by atoms with E-state index in [2.05, 4.69) is 10.3 Å². The van der Waals surface area contributed by atoms with E-state index in [1.807, 2.05) is 24.7 Å². The van der Waals surface area contributed by atoms with Gasteiger partial charge in [0.15, 0.2) is 9.84 Å². The van der Waals surface area contributed by atoms with Gasteiger partial charge in [-0.05, 0) is 25.8 Å². The number of nitrogens with zero attached hydrogens (tertiary/aromatic N) is 2. The Morgan fingerprint density at radius 2 is 2.30 bits per heavy atom. The Balaban J connectivity index is 2.04. The van der Waals surface area contributed by atoms with Gasteiger partial charge in [0.2, 0.25) is 0 Å². The zero-order valence-electron chi connectivity index (χ0n) is 12.4. The van der Waals surface area contributed by atoms with E-state index in [1.54, 1.807) is 6.20 Å². The van der Waals surface area contributed by atoms with Crippen molar-refractivity contribution in [1.29, 1.82) is 0 Å². The van der Waals surface area contributed by atoms with Gasteiger partial charge in [-0.3, -0.25) is 0 Å². The van der Waals surface area contributed by atoms with E-state index in [0.717, 1.165) is 44.5 Å². The molecule has 2 heterocycles. The van der Waals surface area contributed by atoms with Gasteiger partial charge in [-0.15, -0.1) is 0 Å². The quantitative estimate of drug-likeness (QED) is 0.860. The molecule has 2 unspecified atom stereocenters. The number of sulfone groups is 1. The van der Waals surface area contributed by atoms with Crippen LogP contribution in [0.4, 0.5) is 0 Å². The third-order valence-corrected chi connectivity index (χ3v) is 6.49. The van der Waals surface area contributed by atoms with E-state index < -0.39 is 9.84 Å². The fraction of sp³-hybridized carbons (Fsp3) is 0.786. The van der Waals surface area contributed by atoms with Crippen LogP contribution >= 0.6 is 0 Å². The van der Waals surface area contributed by atoms with E-state index in [9.17, 15) is 8.42 Å². The zero-order chi connectivity index (χ0) is 14.6. The van der Waals surface area contributed by atoms with Crippen molar-refractivity contribution in [2.45, 2.75) is 50.3 Å². The predicted molar refractivity (Wildman–Crippen MR) is 80.4 cm³/mol. The Morgan fingerprint density at radius 3 is 2.90 bits per heavy atom. The van der Waals surface area contributed by atoms with Gasteiger partial charge in [0.05, 0.1) is 11.0 Å². The highest BCUT2D eigenvalue weighted by Gasteiger charge is 2.34. The fourth-order valence-electron chi connectivity index (χ4n) is 3.03. The summed E-state index contributed by atoms with van der Waals surface area (Å²) in [7, 11) is -0.962. The summed E-state index contributed by atoms with van der Waals surface area (Å²) in [6, 6.07) is 0.0435. The lowest BCUT2D eigenvalue weighted by atomic mass is 10.0. The first-order chi connectivity index (χ1) is 9.54. The van der Waals surface area contributed by atoms with Crippen molar-refractivity contribution in [2.75, 3.05) is 12.3 Å². The summed E-state index contributed by atoms with van der Waals surface area (Å²) < 4.78 is 26.5. The third kappa shape index (κ3) is 3.61. The molecular formula is C14H25N3O2S. The van der Waals surface area contributed by atoms with E-state index >= 15 is 0 Å². The molecule has 1 fully saturated rings. The van der Waals surface area contributed by atoms with Crippen LogP contribution in [-0.4, -0.2) is 41.6 Å². The number of rotatable bonds is 6. The molecule has 0 aromatic carbocycles. The molecule has 0 spiro atoms. The van der Waals surface area contributed by atoms with E-state index in [4.69, 9.17) is 0 Å². The zero-order valence-corrected chi connectivity index (χ0v) is 13.2. The van der Waals surface area contributed by atoms with Crippen LogP contribution in [0.3, 0.4) is 0 Å². The first-order valence-corrected chi connectivity index (χ1v) is 9.17. The molecule has 1 saturated heterocycles. The Hall–Kier alpha value is -0.880. The molecule has 0 saturated carbocycles. The van der Waals surface area contributed by atoms with Gasteiger partial charge in [0.25, 0.3) is 0 Å². The predicted octanol–water partition coefficient (Wildman–Crippen LogP) is 1.30. The maximum absolute atomic E-state index is 12.3. The van der Waals surface area contributed by atoms with Crippen molar-refractivity contribution >= 4 is 9.84 Å². The van der Waals surface area contributed by atoms with Crippen LogP contribution in [0.1, 0.15) is 38.4 Å². The van der Waals surface area contributed by atoms with Gasteiger partial charge in [0.1, 0.15) is 5.82 Å². The molecule has 1 aromatic rings. The first kappa shape index (κ1) is 15.5. The van der Waals surface area contributed by atoms with Gasteiger partial charge in [0, 0.05) is 31.9 Å². The summed E-state index contributed by atoms with van der Waals surface area (Å²) >= 11 is 0. The van der Waals surface area contributed by atoms with Crippen molar-refractivity contribution in [3.8, 4) is 0 Å². The van der Waals surface area contributed by atoms with Gasteiger partial charge >= 0.3 is 0 Å². The maximum Gasteiger partial charge on any atom is 0.154 e. The number of hydrogen-bond acceptors (Lipinski definition) is 4. The van der Waals surface area contributed by atoms with Gasteiger partial charge in [-0.1, -0.05) is 13.3 Å². The Bertz CT molecular complexity index is 524. The standard InChI is InChI=1S/C14H25N3O2S/c1-3-15-12(7-8-14-16-9-10-17(14)2)13-6-4-5-11-20(13,18)19/h9-10,12-13,15H,3-8,11H2,1-2H3. The number of aromatic nitrogens is 2. The summed E-state index contributed by atoms with van der Waals surface area (Å²) in [6.45, 7) is 2.83. The molecule has 0 aliphatic carbocycles. The fourth-order valence-corrected chi connectivity index (χ4v) is 5.20. The lowest BCUT2D eigenvalue weighted by Crippen LogP contribution is -2.47. The van der Waals surface area contributed by atoms with Crippen LogP contribution in [0.25, 0.3) is 0 Å². The van der Waals surface area contributed by atoms with Crippen molar-refractivity contribution in [3.05, 3.63) is 18.2 Å². The van der Waals surface area contributed by atoms with E-state index in [0.29, 0.717) is 5.75 Å². The lowest BCUT2D eigenvalue weighted by molar-refractivity contribution is 0.420. The number of nitrogens with one attached hydrogen (secondary N) is 1. The number of imidazole rings is 1. The third-order valence-electron chi connectivity index (χ3n) is 4.14. The Morgan fingerprint density at radius 1 is 1.50 bits per heavy atom. The molecule has 1 N–H and O–H groups in total. The second-order valence-corrected chi connectivity index (χ2v) is 7.90. The van der Waals surface area contributed by atoms with Gasteiger partial charge in [-0.25, -0.2) is 13.4 Å². The highest BCUT2D eigenvalue weighted by atomic mass is 32.2. The molecule has 0 amide bonds. The van der Waals surface area contributed by atoms with E-state index in [-0.39, 0.29) is 11.3 Å². The molecule has 114 valence electrons. The van der Waals surface area contributed by atoms with Crippen LogP contribution in [0.5, 0.6) is 0 Å². The summed E-state index contributed by atoms with van der Waals surface area (Å²) in [5, 5.41) is 3.15. The number of aryl methyl sites for hydroxylation is 2. The molecule has 6 heteroatoms. The largest absolute Gasteiger partial charge is 0.338 e. The highest BCUT2D eigenvalue weighted by Crippen LogP contribution is 2.24. The minimum absolute atomic E-state index is 0.0435. The van der Waals surface area contributed by atoms with Crippen LogP contribution in [0.15, 0.2) is 12.4 Å². The summed E-state index contributed by atoms with van der Waals surface area (Å²) in [4.78, 5) is 4.32. The second kappa shape index (κ2) is 6.72. The summed E-state index contributed by atoms with van der Waals surface area (Å²) in [5.41, 5.74) is 0. The molecule has 2 atom stereocenters. The monoisotopic (exact) mass is 299 g/mol. The van der Waals surface area contributed by atoms with Gasteiger partial charge < -0.3 is 9.88 Å². The minimum Gasteiger partial charge on any atom is -0.338 e. The molecule has 1 aliphatic heterocycles. The minimum atomic E-state index is -2.94. The molecule has 5 nitrogen and oxygen atoms in total. The molecular weight excluding hydrogens is 274 g/mol. The SMILES string of the molecule is CCNC(CCc1nccn1C)C1CCCCS1(=O)=O. The lowest BCUT2D eigenvalue weighted by Gasteiger charge is -2.30. The number of hydrogen-bond donors (Lipinski definition) is 1. The molecule has 0 bridgehead atoms. The van der Waals surface area contributed by atoms with Crippen molar-refractivity contribution in [2.24, 2.45) is 7.05 Å². The maximum atomic E-state index is 12.3. The molecule has 20 heavy (non-hydrogen) atoms. The smallest absolute Gasteiger partial charge is 0.154 e. The highest BCUT2D eigenvalue weighted by molar-refractivity contribution is 7.92. The summed E-state index contributed by atoms with van der Waals surface area (Å²) in [6.07, 6.45) is 7.98. The molecule has 1 aromatic heterocycles. The van der Waals surface area contributed by atoms with Crippen LogP contribution in [0.2, 0.25) is 0 Å². The molecule has 1 aliphatic rings. The van der Waals surface area contributed by atoms with Gasteiger partial charge in [-0.2, -0.15) is 0 Å². The Kier molecular flexibility index (Phi) is 5.21. The molecule has 2 rings (SSSR count). The van der Waals surface area contributed by atoms with Crippen molar-refractivity contribution in [3.63, 3.8) is 0 Å². The normalized spacial score (nSPS) is 23.6. The van der Waals surface area contributed by atoms with Crippen molar-refractivity contribution in [1.82, 2.24) is 14.9 Å². The van der Waals surface area contributed by atoms with E-state index in [1.165, 1.54) is 0 Å². The Labute approximate surface area is 121 Å². The van der Waals surface area contributed by atoms with Crippen LogP contribution < -0.4 is 5.32 Å².